The third-order valence-corrected chi connectivity index (χ3v) is 2.89. The van der Waals surface area contributed by atoms with Gasteiger partial charge in [0.25, 0.3) is 0 Å². The summed E-state index contributed by atoms with van der Waals surface area (Å²) in [6.45, 7) is 7.05. The molecular formula is C12H23N3O2. The van der Waals surface area contributed by atoms with Crippen LogP contribution in [0, 0.1) is 0 Å². The molecule has 1 unspecified atom stereocenters. The lowest BCUT2D eigenvalue weighted by Gasteiger charge is -2.32. The molecule has 0 aromatic heterocycles. The van der Waals surface area contributed by atoms with Gasteiger partial charge in [0.05, 0.1) is 0 Å². The number of hydrogen-bond donors (Lipinski definition) is 2. The van der Waals surface area contributed by atoms with E-state index in [2.05, 4.69) is 17.6 Å². The maximum absolute atomic E-state index is 11.8. The van der Waals surface area contributed by atoms with Crippen molar-refractivity contribution >= 4 is 11.8 Å². The summed E-state index contributed by atoms with van der Waals surface area (Å²) in [7, 11) is 0. The molecule has 5 nitrogen and oxygen atoms in total. The Labute approximate surface area is 103 Å². The molecule has 1 saturated heterocycles. The van der Waals surface area contributed by atoms with E-state index in [1.54, 1.807) is 0 Å². The average molecular weight is 241 g/mol. The van der Waals surface area contributed by atoms with Crippen LogP contribution in [-0.2, 0) is 9.59 Å². The van der Waals surface area contributed by atoms with E-state index in [0.717, 1.165) is 19.6 Å². The number of nitrogens with zero attached hydrogens (tertiary/aromatic N) is 1. The van der Waals surface area contributed by atoms with Gasteiger partial charge >= 0.3 is 0 Å². The zero-order valence-electron chi connectivity index (χ0n) is 10.8. The fourth-order valence-corrected chi connectivity index (χ4v) is 2.00. The first kappa shape index (κ1) is 14.0. The standard InChI is InChI=1S/C12H23N3O2/c1-3-13-11(16)5-4-6-12(17)15-8-7-14-10(2)9-15/h10,14H,3-9H2,1-2H3,(H,13,16). The maximum atomic E-state index is 11.8. The molecule has 0 radical (unpaired) electrons. The SMILES string of the molecule is CCNC(=O)CCCC(=O)N1CCNC(C)C1. The minimum Gasteiger partial charge on any atom is -0.356 e. The van der Waals surface area contributed by atoms with Crippen LogP contribution in [0.1, 0.15) is 33.1 Å². The van der Waals surface area contributed by atoms with E-state index >= 15 is 0 Å². The van der Waals surface area contributed by atoms with E-state index in [1.165, 1.54) is 0 Å². The molecule has 5 heteroatoms. The van der Waals surface area contributed by atoms with Gasteiger partial charge in [0.15, 0.2) is 0 Å². The molecule has 1 fully saturated rings. The van der Waals surface area contributed by atoms with E-state index < -0.39 is 0 Å². The van der Waals surface area contributed by atoms with Crippen LogP contribution >= 0.6 is 0 Å². The number of hydrogen-bond acceptors (Lipinski definition) is 3. The van der Waals surface area contributed by atoms with Crippen LogP contribution < -0.4 is 10.6 Å². The molecule has 2 amide bonds. The van der Waals surface area contributed by atoms with Gasteiger partial charge in [-0.2, -0.15) is 0 Å². The Balaban J connectivity index is 2.18. The Morgan fingerprint density at radius 1 is 1.41 bits per heavy atom. The van der Waals surface area contributed by atoms with Gasteiger partial charge in [-0.1, -0.05) is 0 Å². The van der Waals surface area contributed by atoms with Crippen molar-refractivity contribution in [3.8, 4) is 0 Å². The summed E-state index contributed by atoms with van der Waals surface area (Å²) in [6.07, 6.45) is 1.56. The minimum atomic E-state index is 0.0361. The second kappa shape index (κ2) is 7.27. The second-order valence-corrected chi connectivity index (χ2v) is 4.50. The minimum absolute atomic E-state index is 0.0361. The van der Waals surface area contributed by atoms with E-state index in [-0.39, 0.29) is 11.8 Å². The largest absolute Gasteiger partial charge is 0.356 e. The predicted octanol–water partition coefficient (Wildman–Crippen LogP) is 0.113. The molecule has 1 aliphatic rings. The average Bonchev–Trinajstić information content (AvgIpc) is 2.29. The number of rotatable bonds is 5. The van der Waals surface area contributed by atoms with Crippen molar-refractivity contribution in [1.82, 2.24) is 15.5 Å². The number of piperazine rings is 1. The highest BCUT2D eigenvalue weighted by atomic mass is 16.2. The zero-order chi connectivity index (χ0) is 12.7. The van der Waals surface area contributed by atoms with Crippen LogP contribution in [0.4, 0.5) is 0 Å². The normalized spacial score (nSPS) is 20.1. The zero-order valence-corrected chi connectivity index (χ0v) is 10.8. The van der Waals surface area contributed by atoms with Crippen LogP contribution in [0.2, 0.25) is 0 Å². The predicted molar refractivity (Wildman–Crippen MR) is 66.6 cm³/mol. The van der Waals surface area contributed by atoms with Gasteiger partial charge in [0.2, 0.25) is 11.8 Å². The van der Waals surface area contributed by atoms with Crippen LogP contribution in [0.5, 0.6) is 0 Å². The van der Waals surface area contributed by atoms with Crippen LogP contribution in [0.3, 0.4) is 0 Å². The lowest BCUT2D eigenvalue weighted by molar-refractivity contribution is -0.132. The first-order valence-corrected chi connectivity index (χ1v) is 6.41. The van der Waals surface area contributed by atoms with Crippen molar-refractivity contribution in [1.29, 1.82) is 0 Å². The van der Waals surface area contributed by atoms with Crippen LogP contribution in [-0.4, -0.2) is 48.9 Å². The van der Waals surface area contributed by atoms with Crippen molar-refractivity contribution in [2.45, 2.75) is 39.2 Å². The fraction of sp³-hybridized carbons (Fsp3) is 0.833. The lowest BCUT2D eigenvalue weighted by atomic mass is 10.1. The molecule has 1 rings (SSSR count). The third-order valence-electron chi connectivity index (χ3n) is 2.89. The summed E-state index contributed by atoms with van der Waals surface area (Å²) >= 11 is 0. The van der Waals surface area contributed by atoms with E-state index in [1.807, 2.05) is 11.8 Å². The van der Waals surface area contributed by atoms with Gasteiger partial charge in [-0.05, 0) is 20.3 Å². The molecule has 17 heavy (non-hydrogen) atoms. The van der Waals surface area contributed by atoms with Gasteiger partial charge in [-0.15, -0.1) is 0 Å². The topological polar surface area (TPSA) is 61.4 Å². The molecule has 0 aromatic carbocycles. The van der Waals surface area contributed by atoms with Crippen molar-refractivity contribution in [2.24, 2.45) is 0 Å². The molecule has 1 aliphatic heterocycles. The summed E-state index contributed by atoms with van der Waals surface area (Å²) in [5.74, 6) is 0.205. The Hall–Kier alpha value is -1.10. The summed E-state index contributed by atoms with van der Waals surface area (Å²) in [6, 6.07) is 0.371. The highest BCUT2D eigenvalue weighted by Crippen LogP contribution is 2.05. The monoisotopic (exact) mass is 241 g/mol. The second-order valence-electron chi connectivity index (χ2n) is 4.50. The molecule has 1 atom stereocenters. The van der Waals surface area contributed by atoms with Crippen molar-refractivity contribution in [3.63, 3.8) is 0 Å². The fourth-order valence-electron chi connectivity index (χ4n) is 2.00. The smallest absolute Gasteiger partial charge is 0.222 e. The van der Waals surface area contributed by atoms with Crippen molar-refractivity contribution in [2.75, 3.05) is 26.2 Å². The van der Waals surface area contributed by atoms with Crippen LogP contribution in [0.15, 0.2) is 0 Å². The molecule has 1 heterocycles. The number of amides is 2. The van der Waals surface area contributed by atoms with Gasteiger partial charge in [0, 0.05) is 45.1 Å². The molecule has 98 valence electrons. The molecule has 0 saturated carbocycles. The van der Waals surface area contributed by atoms with Crippen molar-refractivity contribution in [3.05, 3.63) is 0 Å². The summed E-state index contributed by atoms with van der Waals surface area (Å²) in [5.41, 5.74) is 0. The first-order chi connectivity index (χ1) is 8.13. The molecule has 0 spiro atoms. The van der Waals surface area contributed by atoms with Gasteiger partial charge in [0.1, 0.15) is 0 Å². The number of nitrogens with one attached hydrogen (secondary N) is 2. The van der Waals surface area contributed by atoms with E-state index in [4.69, 9.17) is 0 Å². The highest BCUT2D eigenvalue weighted by Gasteiger charge is 2.19. The van der Waals surface area contributed by atoms with E-state index in [0.29, 0.717) is 31.8 Å². The van der Waals surface area contributed by atoms with Gasteiger partial charge in [-0.3, -0.25) is 9.59 Å². The molecule has 2 N–H and O–H groups in total. The highest BCUT2D eigenvalue weighted by molar-refractivity contribution is 5.79. The molecule has 0 aliphatic carbocycles. The number of carbonyl (C=O) groups is 2. The number of carbonyl (C=O) groups excluding carboxylic acids is 2. The summed E-state index contributed by atoms with van der Waals surface area (Å²) in [5, 5.41) is 6.03. The summed E-state index contributed by atoms with van der Waals surface area (Å²) < 4.78 is 0. The Bertz CT molecular complexity index is 268. The lowest BCUT2D eigenvalue weighted by Crippen LogP contribution is -2.51. The molecular weight excluding hydrogens is 218 g/mol. The molecule has 0 aromatic rings. The molecule has 0 bridgehead atoms. The quantitative estimate of drug-likeness (QED) is 0.718. The maximum Gasteiger partial charge on any atom is 0.222 e. The first-order valence-electron chi connectivity index (χ1n) is 6.41. The van der Waals surface area contributed by atoms with E-state index in [9.17, 15) is 9.59 Å². The third kappa shape index (κ3) is 5.17. The Morgan fingerprint density at radius 2 is 2.18 bits per heavy atom. The van der Waals surface area contributed by atoms with Gasteiger partial charge in [-0.25, -0.2) is 0 Å². The van der Waals surface area contributed by atoms with Gasteiger partial charge < -0.3 is 15.5 Å². The Kier molecular flexibility index (Phi) is 5.97. The van der Waals surface area contributed by atoms with Crippen molar-refractivity contribution < 1.29 is 9.59 Å². The summed E-state index contributed by atoms with van der Waals surface area (Å²) in [4.78, 5) is 24.9. The Morgan fingerprint density at radius 3 is 2.82 bits per heavy atom. The van der Waals surface area contributed by atoms with Crippen LogP contribution in [0.25, 0.3) is 0 Å².